The van der Waals surface area contributed by atoms with Crippen LogP contribution >= 0.6 is 0 Å². The van der Waals surface area contributed by atoms with E-state index in [0.29, 0.717) is 38.9 Å². The average Bonchev–Trinajstić information content (AvgIpc) is 3.19. The van der Waals surface area contributed by atoms with Gasteiger partial charge in [0.25, 0.3) is 0 Å². The van der Waals surface area contributed by atoms with Gasteiger partial charge >= 0.3 is 0 Å². The Bertz CT molecular complexity index is 2120. The first-order valence-corrected chi connectivity index (χ1v) is 19.7. The maximum Gasteiger partial charge on any atom is 0.126 e. The largest absolute Gasteiger partial charge is 0.507 e. The molecule has 0 unspecified atom stereocenters. The van der Waals surface area contributed by atoms with E-state index in [1.54, 1.807) is 0 Å². The summed E-state index contributed by atoms with van der Waals surface area (Å²) in [6.07, 6.45) is 7.20. The van der Waals surface area contributed by atoms with Crippen LogP contribution in [0.15, 0.2) is 119 Å². The second-order valence-electron chi connectivity index (χ2n) is 14.8. The predicted octanol–water partition coefficient (Wildman–Crippen LogP) is 11.5. The van der Waals surface area contributed by atoms with Gasteiger partial charge in [0.2, 0.25) is 0 Å². The Morgan fingerprint density at radius 1 is 0.482 bits per heavy atom. The molecule has 0 aliphatic heterocycles. The Morgan fingerprint density at radius 3 is 1.11 bits per heavy atom. The van der Waals surface area contributed by atoms with Gasteiger partial charge in [-0.25, -0.2) is 0 Å². The molecule has 7 rings (SSSR count). The molecule has 6 aromatic carbocycles. The zero-order chi connectivity index (χ0) is 39.0. The minimum absolute atomic E-state index is 0.253. The van der Waals surface area contributed by atoms with Gasteiger partial charge in [-0.1, -0.05) is 85.6 Å². The van der Waals surface area contributed by atoms with E-state index in [9.17, 15) is 10.2 Å². The van der Waals surface area contributed by atoms with Crippen molar-refractivity contribution in [3.63, 3.8) is 0 Å². The first-order valence-electron chi connectivity index (χ1n) is 19.7. The molecule has 0 saturated heterocycles. The molecule has 6 aromatic rings. The second kappa shape index (κ2) is 17.5. The molecule has 0 aromatic heterocycles. The Morgan fingerprint density at radius 2 is 0.804 bits per heavy atom. The number of hydrogen-bond acceptors (Lipinski definition) is 6. The molecule has 0 saturated carbocycles. The summed E-state index contributed by atoms with van der Waals surface area (Å²) in [6, 6.07) is 36.7. The summed E-state index contributed by atoms with van der Waals surface area (Å²) >= 11 is 0. The van der Waals surface area contributed by atoms with Crippen molar-refractivity contribution in [3.05, 3.63) is 176 Å². The van der Waals surface area contributed by atoms with Crippen LogP contribution in [0.2, 0.25) is 0 Å². The van der Waals surface area contributed by atoms with E-state index in [1.165, 1.54) is 11.1 Å². The number of hydrogen-bond donors (Lipinski definition) is 2. The highest BCUT2D eigenvalue weighted by Crippen LogP contribution is 2.39. The molecule has 0 heterocycles. The molecule has 6 heteroatoms. The maximum absolute atomic E-state index is 12.0. The predicted molar refractivity (Wildman–Crippen MR) is 229 cm³/mol. The number of para-hydroxylation sites is 2. The Hall–Kier alpha value is -6.14. The molecule has 56 heavy (non-hydrogen) atoms. The summed E-state index contributed by atoms with van der Waals surface area (Å²) in [5.41, 5.74) is 12.9. The van der Waals surface area contributed by atoms with E-state index in [1.807, 2.05) is 73.1 Å². The molecular weight excluding hydrogens is 693 g/mol. The van der Waals surface area contributed by atoms with Crippen LogP contribution in [-0.2, 0) is 25.7 Å². The van der Waals surface area contributed by atoms with Crippen molar-refractivity contribution in [1.29, 1.82) is 0 Å². The summed E-state index contributed by atoms with van der Waals surface area (Å²) in [6.45, 7) is 9.40. The normalized spacial score (nSPS) is 12.6. The molecule has 0 fully saturated rings. The highest BCUT2D eigenvalue weighted by Gasteiger charge is 2.21. The number of benzene rings is 6. The maximum atomic E-state index is 12.0. The van der Waals surface area contributed by atoms with E-state index in [0.717, 1.165) is 91.3 Å². The number of phenolic OH excluding ortho intramolecular Hbond substituents is 2. The van der Waals surface area contributed by atoms with Gasteiger partial charge in [0.15, 0.2) is 0 Å². The monoisotopic (exact) mass is 742 g/mol. The average molecular weight is 743 g/mol. The van der Waals surface area contributed by atoms with E-state index in [2.05, 4.69) is 76.2 Å². The zero-order valence-corrected chi connectivity index (χ0v) is 32.8. The van der Waals surface area contributed by atoms with Crippen LogP contribution in [0.4, 0.5) is 11.4 Å². The summed E-state index contributed by atoms with van der Waals surface area (Å²) in [4.78, 5) is 9.61. The van der Waals surface area contributed by atoms with Crippen molar-refractivity contribution in [2.45, 2.75) is 66.2 Å². The lowest BCUT2D eigenvalue weighted by Crippen LogP contribution is -2.07. The van der Waals surface area contributed by atoms with E-state index < -0.39 is 0 Å². The fourth-order valence-corrected chi connectivity index (χ4v) is 7.25. The number of aliphatic imine (C=N–C) groups is 2. The minimum atomic E-state index is 0.253. The van der Waals surface area contributed by atoms with Gasteiger partial charge in [-0.15, -0.1) is 0 Å². The van der Waals surface area contributed by atoms with Crippen molar-refractivity contribution in [3.8, 4) is 23.0 Å². The van der Waals surface area contributed by atoms with E-state index >= 15 is 0 Å². The van der Waals surface area contributed by atoms with Gasteiger partial charge in [-0.2, -0.15) is 0 Å². The topological polar surface area (TPSA) is 83.6 Å². The molecule has 8 bridgehead atoms. The molecule has 0 atom stereocenters. The summed E-state index contributed by atoms with van der Waals surface area (Å²) in [5.74, 6) is 2.06. The first-order chi connectivity index (χ1) is 27.3. The van der Waals surface area contributed by atoms with Crippen molar-refractivity contribution < 1.29 is 19.7 Å². The number of nitrogens with zero attached hydrogens (tertiary/aromatic N) is 2. The lowest BCUT2D eigenvalue weighted by Gasteiger charge is -2.21. The van der Waals surface area contributed by atoms with Gasteiger partial charge in [0.1, 0.15) is 23.0 Å². The van der Waals surface area contributed by atoms with Crippen molar-refractivity contribution in [2.24, 2.45) is 9.98 Å². The molecule has 6 nitrogen and oxygen atoms in total. The van der Waals surface area contributed by atoms with E-state index in [4.69, 9.17) is 19.5 Å². The third-order valence-electron chi connectivity index (χ3n) is 10.2. The number of fused-ring (bicyclic) bond motifs is 8. The van der Waals surface area contributed by atoms with Crippen LogP contribution in [0.3, 0.4) is 0 Å². The van der Waals surface area contributed by atoms with Gasteiger partial charge in [0.05, 0.1) is 24.6 Å². The second-order valence-corrected chi connectivity index (χ2v) is 14.8. The number of aryl methyl sites for hydroxylation is 2. The first kappa shape index (κ1) is 38.1. The molecule has 1 aliphatic carbocycles. The molecular formula is C50H50N2O4. The number of aromatic hydroxyl groups is 2. The lowest BCUT2D eigenvalue weighted by atomic mass is 9.90. The standard InChI is InChI=1S/C50H50N2O4/c1-5-21-55-49-37-9-7-10-38(49)28-42-24-36(32-52-46-19-15-34(4)16-20-46)26-44(48(42)54)30-40-12-8-11-39(50(40)56-22-6-2)29-43-25-35(23-41(27-37)47(43)53)31-51-45-17-13-33(3)14-18-45/h7-20,23-26,31-32,53-54H,5-6,21-22,27-30H2,1-4H3. The SMILES string of the molecule is CCCOc1c2cccc1Cc1cc(C=Nc3ccc(C)cc3)cc(c1O)Cc1cccc(c1OCCC)Cc1cc(C=Nc3ccc(C)cc3)cc(c1O)C2. The van der Waals surface area contributed by atoms with Crippen LogP contribution in [0.1, 0.15) is 93.5 Å². The molecule has 1 aliphatic rings. The quantitative estimate of drug-likeness (QED) is 0.137. The van der Waals surface area contributed by atoms with Crippen molar-refractivity contribution in [2.75, 3.05) is 13.2 Å². The van der Waals surface area contributed by atoms with Crippen molar-refractivity contribution in [1.82, 2.24) is 0 Å². The number of ether oxygens (including phenoxy) is 2. The fraction of sp³-hybridized carbons (Fsp3) is 0.240. The number of phenols is 2. The molecule has 0 spiro atoms. The highest BCUT2D eigenvalue weighted by molar-refractivity contribution is 5.84. The summed E-state index contributed by atoms with van der Waals surface area (Å²) in [7, 11) is 0. The van der Waals surface area contributed by atoms with Crippen LogP contribution in [0.25, 0.3) is 0 Å². The van der Waals surface area contributed by atoms with Gasteiger partial charge in [-0.05, 0) is 131 Å². The van der Waals surface area contributed by atoms with Gasteiger partial charge in [-0.3, -0.25) is 9.98 Å². The Balaban J connectivity index is 1.41. The van der Waals surface area contributed by atoms with E-state index in [-0.39, 0.29) is 11.5 Å². The van der Waals surface area contributed by atoms with Crippen LogP contribution in [0, 0.1) is 13.8 Å². The smallest absolute Gasteiger partial charge is 0.126 e. The summed E-state index contributed by atoms with van der Waals surface area (Å²) < 4.78 is 13.1. The molecule has 0 radical (unpaired) electrons. The van der Waals surface area contributed by atoms with Crippen molar-refractivity contribution >= 4 is 23.8 Å². The zero-order valence-electron chi connectivity index (χ0n) is 32.8. The highest BCUT2D eigenvalue weighted by atomic mass is 16.5. The Kier molecular flexibility index (Phi) is 12.0. The number of rotatable bonds is 10. The van der Waals surface area contributed by atoms with Crippen LogP contribution in [-0.4, -0.2) is 35.9 Å². The third kappa shape index (κ3) is 9.03. The molecule has 284 valence electrons. The van der Waals surface area contributed by atoms with Gasteiger partial charge in [0, 0.05) is 38.1 Å². The lowest BCUT2D eigenvalue weighted by molar-refractivity contribution is 0.311. The molecule has 0 amide bonds. The minimum Gasteiger partial charge on any atom is -0.507 e. The third-order valence-corrected chi connectivity index (χ3v) is 10.2. The summed E-state index contributed by atoms with van der Waals surface area (Å²) in [5, 5.41) is 24.1. The Labute approximate surface area is 330 Å². The fourth-order valence-electron chi connectivity index (χ4n) is 7.25. The molecule has 2 N–H and O–H groups in total. The van der Waals surface area contributed by atoms with Gasteiger partial charge < -0.3 is 19.7 Å². The van der Waals surface area contributed by atoms with Crippen LogP contribution in [0.5, 0.6) is 23.0 Å². The van der Waals surface area contributed by atoms with Crippen LogP contribution < -0.4 is 9.47 Å².